The lowest BCUT2D eigenvalue weighted by Crippen LogP contribution is -2.45. The van der Waals surface area contributed by atoms with Crippen molar-refractivity contribution in [1.29, 1.82) is 0 Å². The largest absolute Gasteiger partial charge is 0.497 e. The number of ether oxygens (including phenoxy) is 3. The number of hydrogen-bond acceptors (Lipinski definition) is 5. The fraction of sp³-hybridized carbons (Fsp3) is 0.522. The first-order chi connectivity index (χ1) is 14.3. The van der Waals surface area contributed by atoms with Crippen molar-refractivity contribution in [2.75, 3.05) is 20.7 Å². The van der Waals surface area contributed by atoms with E-state index in [0.29, 0.717) is 6.42 Å². The molecular formula is C23H33N3O5. The number of amides is 2. The highest BCUT2D eigenvalue weighted by Crippen LogP contribution is 2.11. The Kier molecular flexibility index (Phi) is 9.38. The van der Waals surface area contributed by atoms with Gasteiger partial charge in [-0.15, -0.1) is 4.99 Å². The van der Waals surface area contributed by atoms with Gasteiger partial charge in [0, 0.05) is 13.5 Å². The van der Waals surface area contributed by atoms with E-state index in [0.717, 1.165) is 11.3 Å². The molecule has 8 nitrogen and oxygen atoms in total. The normalized spacial score (nSPS) is 11.7. The van der Waals surface area contributed by atoms with Crippen LogP contribution >= 0.6 is 0 Å². The van der Waals surface area contributed by atoms with E-state index >= 15 is 0 Å². The summed E-state index contributed by atoms with van der Waals surface area (Å²) in [5, 5.41) is 2.49. The SMILES string of the molecule is COc1ccc(CC#CCN(C)/C(=N\C(=O)OC(C)(C)C)NC(=O)OC(C)(C)C)cc1. The molecular weight excluding hydrogens is 398 g/mol. The van der Waals surface area contributed by atoms with Crippen LogP contribution in [0.5, 0.6) is 5.75 Å². The Morgan fingerprint density at radius 1 is 1.00 bits per heavy atom. The maximum absolute atomic E-state index is 12.2. The minimum Gasteiger partial charge on any atom is -0.497 e. The number of carbonyl (C=O) groups excluding carboxylic acids is 2. The van der Waals surface area contributed by atoms with Crippen LogP contribution in [-0.2, 0) is 15.9 Å². The van der Waals surface area contributed by atoms with E-state index in [1.165, 1.54) is 4.90 Å². The predicted octanol–water partition coefficient (Wildman–Crippen LogP) is 3.99. The van der Waals surface area contributed by atoms with Crippen molar-refractivity contribution in [1.82, 2.24) is 10.2 Å². The van der Waals surface area contributed by atoms with E-state index in [1.807, 2.05) is 24.3 Å². The van der Waals surface area contributed by atoms with Crippen molar-refractivity contribution in [3.05, 3.63) is 29.8 Å². The maximum Gasteiger partial charge on any atom is 0.437 e. The molecule has 1 aromatic rings. The van der Waals surface area contributed by atoms with Gasteiger partial charge >= 0.3 is 12.2 Å². The lowest BCUT2D eigenvalue weighted by molar-refractivity contribution is 0.0556. The van der Waals surface area contributed by atoms with E-state index in [9.17, 15) is 9.59 Å². The second-order valence-corrected chi connectivity index (χ2v) is 8.78. The molecule has 1 rings (SSSR count). The molecule has 1 aromatic carbocycles. The molecule has 2 amide bonds. The van der Waals surface area contributed by atoms with Crippen LogP contribution in [0.15, 0.2) is 29.3 Å². The van der Waals surface area contributed by atoms with Crippen molar-refractivity contribution in [2.45, 2.75) is 59.2 Å². The summed E-state index contributed by atoms with van der Waals surface area (Å²) < 4.78 is 15.6. The highest BCUT2D eigenvalue weighted by molar-refractivity contribution is 5.98. The average molecular weight is 432 g/mol. The molecule has 0 heterocycles. The van der Waals surface area contributed by atoms with Gasteiger partial charge < -0.3 is 19.1 Å². The second-order valence-electron chi connectivity index (χ2n) is 8.78. The molecule has 0 bridgehead atoms. The Balaban J connectivity index is 2.85. The topological polar surface area (TPSA) is 89.5 Å². The fourth-order valence-corrected chi connectivity index (χ4v) is 2.13. The lowest BCUT2D eigenvalue weighted by atomic mass is 10.1. The molecule has 0 spiro atoms. The first-order valence-electron chi connectivity index (χ1n) is 9.90. The standard InChI is InChI=1S/C23H33N3O5/c1-22(2,3)30-20(27)24-19(25-21(28)31-23(4,5)6)26(7)16-10-9-11-17-12-14-18(29-8)15-13-17/h12-15H,11,16H2,1-8H3,(H,24,25,27,28). The Bertz CT molecular complexity index is 837. The van der Waals surface area contributed by atoms with Gasteiger partial charge in [0.05, 0.1) is 13.7 Å². The third-order valence-electron chi connectivity index (χ3n) is 3.46. The van der Waals surface area contributed by atoms with Gasteiger partial charge in [-0.3, -0.25) is 5.32 Å². The van der Waals surface area contributed by atoms with Crippen LogP contribution in [0.3, 0.4) is 0 Å². The van der Waals surface area contributed by atoms with Crippen LogP contribution in [0.4, 0.5) is 9.59 Å². The van der Waals surface area contributed by atoms with Gasteiger partial charge in [0.2, 0.25) is 5.96 Å². The number of hydrogen-bond donors (Lipinski definition) is 1. The Morgan fingerprint density at radius 3 is 2.10 bits per heavy atom. The third-order valence-corrected chi connectivity index (χ3v) is 3.46. The number of carbonyl (C=O) groups is 2. The molecule has 170 valence electrons. The van der Waals surface area contributed by atoms with Crippen molar-refractivity contribution < 1.29 is 23.8 Å². The van der Waals surface area contributed by atoms with Crippen LogP contribution in [0.25, 0.3) is 0 Å². The highest BCUT2D eigenvalue weighted by atomic mass is 16.6. The Hall–Kier alpha value is -3.21. The van der Waals surface area contributed by atoms with Crippen LogP contribution in [0.2, 0.25) is 0 Å². The molecule has 0 saturated carbocycles. The second kappa shape index (κ2) is 11.3. The zero-order valence-electron chi connectivity index (χ0n) is 19.7. The van der Waals surface area contributed by atoms with Crippen molar-refractivity contribution in [3.63, 3.8) is 0 Å². The summed E-state index contributed by atoms with van der Waals surface area (Å²) in [7, 11) is 3.27. The molecule has 0 aromatic heterocycles. The monoisotopic (exact) mass is 431 g/mol. The smallest absolute Gasteiger partial charge is 0.437 e. The van der Waals surface area contributed by atoms with E-state index in [1.54, 1.807) is 55.7 Å². The van der Waals surface area contributed by atoms with Crippen molar-refractivity contribution in [2.24, 2.45) is 4.99 Å². The molecule has 1 N–H and O–H groups in total. The molecule has 0 saturated heterocycles. The number of methoxy groups -OCH3 is 1. The molecule has 8 heteroatoms. The molecule has 31 heavy (non-hydrogen) atoms. The number of guanidine groups is 1. The summed E-state index contributed by atoms with van der Waals surface area (Å²) in [6.45, 7) is 10.7. The average Bonchev–Trinajstić information content (AvgIpc) is 2.62. The Labute approximate surface area is 185 Å². The Morgan fingerprint density at radius 2 is 1.58 bits per heavy atom. The van der Waals surface area contributed by atoms with Crippen molar-refractivity contribution in [3.8, 4) is 17.6 Å². The zero-order valence-corrected chi connectivity index (χ0v) is 19.7. The first-order valence-corrected chi connectivity index (χ1v) is 9.90. The lowest BCUT2D eigenvalue weighted by Gasteiger charge is -2.23. The summed E-state index contributed by atoms with van der Waals surface area (Å²) in [6, 6.07) is 7.63. The van der Waals surface area contributed by atoms with Gasteiger partial charge in [0.15, 0.2) is 0 Å². The quantitative estimate of drug-likeness (QED) is 0.442. The summed E-state index contributed by atoms with van der Waals surface area (Å²) in [5.74, 6) is 6.84. The number of nitrogens with one attached hydrogen (secondary N) is 1. The first kappa shape index (κ1) is 25.8. The highest BCUT2D eigenvalue weighted by Gasteiger charge is 2.21. The molecule has 0 aliphatic rings. The van der Waals surface area contributed by atoms with Gasteiger partial charge in [0.25, 0.3) is 0 Å². The number of benzene rings is 1. The number of nitrogens with zero attached hydrogens (tertiary/aromatic N) is 2. The van der Waals surface area contributed by atoms with Crippen molar-refractivity contribution >= 4 is 18.1 Å². The van der Waals surface area contributed by atoms with Crippen LogP contribution in [-0.4, -0.2) is 55.0 Å². The molecule has 0 unspecified atom stereocenters. The minimum absolute atomic E-state index is 0.0118. The van der Waals surface area contributed by atoms with Crippen LogP contribution in [0.1, 0.15) is 47.1 Å². The molecule has 0 aliphatic heterocycles. The number of rotatable bonds is 3. The maximum atomic E-state index is 12.2. The fourth-order valence-electron chi connectivity index (χ4n) is 2.13. The number of alkyl carbamates (subject to hydrolysis) is 1. The predicted molar refractivity (Wildman–Crippen MR) is 120 cm³/mol. The van der Waals surface area contributed by atoms with Gasteiger partial charge in [0.1, 0.15) is 17.0 Å². The zero-order chi connectivity index (χ0) is 23.7. The summed E-state index contributed by atoms with van der Waals surface area (Å²) in [5.41, 5.74) is -0.364. The van der Waals surface area contributed by atoms with Crippen LogP contribution < -0.4 is 10.1 Å². The van der Waals surface area contributed by atoms with E-state index < -0.39 is 23.4 Å². The van der Waals surface area contributed by atoms with Gasteiger partial charge in [-0.05, 0) is 59.2 Å². The molecule has 0 fully saturated rings. The minimum atomic E-state index is -0.823. The number of aliphatic imine (C=N–C) groups is 1. The van der Waals surface area contributed by atoms with Gasteiger partial charge in [-0.1, -0.05) is 24.0 Å². The molecule has 0 radical (unpaired) electrons. The molecule has 0 aliphatic carbocycles. The third kappa shape index (κ3) is 11.5. The summed E-state index contributed by atoms with van der Waals surface area (Å²) >= 11 is 0. The van der Waals surface area contributed by atoms with E-state index in [4.69, 9.17) is 14.2 Å². The van der Waals surface area contributed by atoms with E-state index in [2.05, 4.69) is 22.2 Å². The summed E-state index contributed by atoms with van der Waals surface area (Å²) in [6.07, 6.45) is -1.000. The van der Waals surface area contributed by atoms with Gasteiger partial charge in [-0.25, -0.2) is 9.59 Å². The summed E-state index contributed by atoms with van der Waals surface area (Å²) in [4.78, 5) is 29.7. The van der Waals surface area contributed by atoms with E-state index in [-0.39, 0.29) is 12.5 Å². The molecule has 0 atom stereocenters. The van der Waals surface area contributed by atoms with Crippen LogP contribution in [0, 0.1) is 11.8 Å². The van der Waals surface area contributed by atoms with Gasteiger partial charge in [-0.2, -0.15) is 0 Å².